The molecule has 0 saturated carbocycles. The number of benzene rings is 3. The molecule has 0 heterocycles. The molecule has 6 nitrogen and oxygen atoms in total. The number of amides is 2. The van der Waals surface area contributed by atoms with Crippen LogP contribution in [0, 0.1) is 0 Å². The van der Waals surface area contributed by atoms with Gasteiger partial charge < -0.3 is 15.4 Å². The van der Waals surface area contributed by atoms with E-state index in [0.717, 1.165) is 5.56 Å². The number of rotatable bonds is 6. The number of halogens is 2. The van der Waals surface area contributed by atoms with Gasteiger partial charge in [-0.3, -0.25) is 14.9 Å². The smallest absolute Gasteiger partial charge is 0.257 e. The number of ether oxygens (including phenoxy) is 1. The average molecular weight is 488 g/mol. The van der Waals surface area contributed by atoms with Crippen LogP contribution in [0.15, 0.2) is 66.7 Å². The van der Waals surface area contributed by atoms with Crippen molar-refractivity contribution >= 4 is 63.7 Å². The highest BCUT2D eigenvalue weighted by Gasteiger charge is 2.14. The summed E-state index contributed by atoms with van der Waals surface area (Å²) in [6.45, 7) is 0. The maximum absolute atomic E-state index is 12.4. The zero-order chi connectivity index (χ0) is 23.1. The summed E-state index contributed by atoms with van der Waals surface area (Å²) in [5, 5.41) is 8.84. The third-order valence-electron chi connectivity index (χ3n) is 4.33. The molecule has 0 spiro atoms. The van der Waals surface area contributed by atoms with E-state index in [2.05, 4.69) is 16.0 Å². The lowest BCUT2D eigenvalue weighted by atomic mass is 10.1. The van der Waals surface area contributed by atoms with Crippen LogP contribution in [0.1, 0.15) is 15.9 Å². The molecular weight excluding hydrogens is 469 g/mol. The largest absolute Gasteiger partial charge is 0.494 e. The fourth-order valence-corrected chi connectivity index (χ4v) is 3.70. The Bertz CT molecular complexity index is 1120. The predicted octanol–water partition coefficient (Wildman–Crippen LogP) is 5.31. The van der Waals surface area contributed by atoms with Crippen LogP contribution in [0.5, 0.6) is 5.75 Å². The van der Waals surface area contributed by atoms with E-state index in [9.17, 15) is 9.59 Å². The Morgan fingerprint density at radius 3 is 2.03 bits per heavy atom. The van der Waals surface area contributed by atoms with Crippen LogP contribution < -0.4 is 20.7 Å². The molecule has 0 aliphatic rings. The van der Waals surface area contributed by atoms with E-state index in [4.69, 9.17) is 40.2 Å². The molecule has 32 heavy (non-hydrogen) atoms. The molecule has 0 saturated heterocycles. The highest BCUT2D eigenvalue weighted by atomic mass is 35.5. The minimum absolute atomic E-state index is 0.0962. The summed E-state index contributed by atoms with van der Waals surface area (Å²) in [6.07, 6.45) is 0.288. The van der Waals surface area contributed by atoms with Gasteiger partial charge in [0.1, 0.15) is 0 Å². The Morgan fingerprint density at radius 1 is 0.906 bits per heavy atom. The highest BCUT2D eigenvalue weighted by molar-refractivity contribution is 7.80. The minimum atomic E-state index is -0.473. The fourth-order valence-electron chi connectivity index (χ4n) is 2.85. The molecule has 0 aromatic heterocycles. The van der Waals surface area contributed by atoms with Crippen molar-refractivity contribution < 1.29 is 14.3 Å². The summed E-state index contributed by atoms with van der Waals surface area (Å²) < 4.78 is 5.07. The van der Waals surface area contributed by atoms with Gasteiger partial charge in [0.15, 0.2) is 10.9 Å². The first-order chi connectivity index (χ1) is 15.4. The summed E-state index contributed by atoms with van der Waals surface area (Å²) in [7, 11) is 1.44. The van der Waals surface area contributed by atoms with Crippen LogP contribution in [0.2, 0.25) is 10.0 Å². The minimum Gasteiger partial charge on any atom is -0.494 e. The molecule has 3 N–H and O–H groups in total. The van der Waals surface area contributed by atoms with Gasteiger partial charge in [-0.1, -0.05) is 53.5 Å². The number of hydrogen-bond acceptors (Lipinski definition) is 4. The van der Waals surface area contributed by atoms with Crippen LogP contribution in [-0.4, -0.2) is 24.0 Å². The van der Waals surface area contributed by atoms with Gasteiger partial charge in [0.05, 0.1) is 23.6 Å². The van der Waals surface area contributed by atoms with Gasteiger partial charge >= 0.3 is 0 Å². The predicted molar refractivity (Wildman–Crippen MR) is 132 cm³/mol. The first-order valence-electron chi connectivity index (χ1n) is 9.45. The van der Waals surface area contributed by atoms with E-state index in [1.807, 2.05) is 30.3 Å². The summed E-state index contributed by atoms with van der Waals surface area (Å²) in [5.41, 5.74) is 2.46. The van der Waals surface area contributed by atoms with Crippen molar-refractivity contribution in [1.82, 2.24) is 5.32 Å². The standard InChI is InChI=1S/C23H19Cl2N3O3S/c1-31-21-18(24)12-15(13-19(21)25)22(30)28-23(32)27-17-9-7-16(8-10-17)26-20(29)11-14-5-3-2-4-6-14/h2-10,12-13H,11H2,1H3,(H,26,29)(H2,27,28,30,32). The lowest BCUT2D eigenvalue weighted by molar-refractivity contribution is -0.115. The van der Waals surface area contributed by atoms with Gasteiger partial charge in [0.2, 0.25) is 5.91 Å². The van der Waals surface area contributed by atoms with E-state index < -0.39 is 5.91 Å². The molecule has 0 aliphatic carbocycles. The monoisotopic (exact) mass is 487 g/mol. The number of nitrogens with one attached hydrogen (secondary N) is 3. The second kappa shape index (κ2) is 10.9. The highest BCUT2D eigenvalue weighted by Crippen LogP contribution is 2.33. The molecule has 0 fully saturated rings. The van der Waals surface area contributed by atoms with Crippen molar-refractivity contribution in [3.63, 3.8) is 0 Å². The molecular formula is C23H19Cl2N3O3S. The number of carbonyl (C=O) groups excluding carboxylic acids is 2. The third-order valence-corrected chi connectivity index (χ3v) is 5.09. The van der Waals surface area contributed by atoms with Gasteiger partial charge in [-0.05, 0) is 54.2 Å². The van der Waals surface area contributed by atoms with Crippen molar-refractivity contribution in [2.45, 2.75) is 6.42 Å². The molecule has 9 heteroatoms. The Balaban J connectivity index is 1.54. The number of carbonyl (C=O) groups is 2. The quantitative estimate of drug-likeness (QED) is 0.410. The van der Waals surface area contributed by atoms with Gasteiger partial charge in [-0.2, -0.15) is 0 Å². The van der Waals surface area contributed by atoms with E-state index >= 15 is 0 Å². The first-order valence-corrected chi connectivity index (χ1v) is 10.6. The molecule has 164 valence electrons. The van der Waals surface area contributed by atoms with Crippen molar-refractivity contribution in [3.05, 3.63) is 87.9 Å². The zero-order valence-corrected chi connectivity index (χ0v) is 19.3. The van der Waals surface area contributed by atoms with Crippen molar-refractivity contribution in [3.8, 4) is 5.75 Å². The summed E-state index contributed by atoms with van der Waals surface area (Å²) in [6, 6.07) is 19.3. The average Bonchev–Trinajstić information content (AvgIpc) is 2.75. The number of thiocarbonyl (C=S) groups is 1. The van der Waals surface area contributed by atoms with Crippen molar-refractivity contribution in [2.24, 2.45) is 0 Å². The van der Waals surface area contributed by atoms with Crippen LogP contribution in [0.3, 0.4) is 0 Å². The molecule has 3 aromatic rings. The topological polar surface area (TPSA) is 79.5 Å². The van der Waals surface area contributed by atoms with Crippen LogP contribution in [0.4, 0.5) is 11.4 Å². The van der Waals surface area contributed by atoms with Gasteiger partial charge in [-0.25, -0.2) is 0 Å². The Kier molecular flexibility index (Phi) is 8.05. The SMILES string of the molecule is COc1c(Cl)cc(C(=O)NC(=S)Nc2ccc(NC(=O)Cc3ccccc3)cc2)cc1Cl. The normalized spacial score (nSPS) is 10.2. The molecule has 0 bridgehead atoms. The summed E-state index contributed by atoms with van der Waals surface area (Å²) >= 11 is 17.3. The lowest BCUT2D eigenvalue weighted by Crippen LogP contribution is -2.34. The molecule has 3 aromatic carbocycles. The molecule has 0 aliphatic heterocycles. The fraction of sp³-hybridized carbons (Fsp3) is 0.0870. The first kappa shape index (κ1) is 23.5. The van der Waals surface area contributed by atoms with E-state index in [-0.39, 0.29) is 33.0 Å². The lowest BCUT2D eigenvalue weighted by Gasteiger charge is -2.12. The molecule has 2 amide bonds. The number of hydrogen-bond donors (Lipinski definition) is 3. The maximum Gasteiger partial charge on any atom is 0.257 e. The third kappa shape index (κ3) is 6.43. The summed E-state index contributed by atoms with van der Waals surface area (Å²) in [4.78, 5) is 24.6. The van der Waals surface area contributed by atoms with E-state index in [1.165, 1.54) is 19.2 Å². The van der Waals surface area contributed by atoms with Crippen LogP contribution in [-0.2, 0) is 11.2 Å². The van der Waals surface area contributed by atoms with Gasteiger partial charge in [0, 0.05) is 16.9 Å². The number of methoxy groups -OCH3 is 1. The second-order valence-corrected chi connectivity index (χ2v) is 7.89. The Labute approximate surface area is 200 Å². The van der Waals surface area contributed by atoms with Crippen molar-refractivity contribution in [2.75, 3.05) is 17.7 Å². The maximum atomic E-state index is 12.4. The van der Waals surface area contributed by atoms with Crippen LogP contribution in [0.25, 0.3) is 0 Å². The molecule has 0 atom stereocenters. The Hall–Kier alpha value is -3.13. The number of anilines is 2. The van der Waals surface area contributed by atoms with Crippen molar-refractivity contribution in [1.29, 1.82) is 0 Å². The van der Waals surface area contributed by atoms with E-state index in [0.29, 0.717) is 17.1 Å². The van der Waals surface area contributed by atoms with E-state index in [1.54, 1.807) is 24.3 Å². The molecule has 3 rings (SSSR count). The van der Waals surface area contributed by atoms with Gasteiger partial charge in [0.25, 0.3) is 5.91 Å². The molecule has 0 radical (unpaired) electrons. The van der Waals surface area contributed by atoms with Gasteiger partial charge in [-0.15, -0.1) is 0 Å². The summed E-state index contributed by atoms with van der Waals surface area (Å²) in [5.74, 6) is -0.295. The zero-order valence-electron chi connectivity index (χ0n) is 16.9. The Morgan fingerprint density at radius 2 is 1.47 bits per heavy atom. The molecule has 0 unspecified atom stereocenters. The van der Waals surface area contributed by atoms with Crippen LogP contribution >= 0.6 is 35.4 Å². The second-order valence-electron chi connectivity index (χ2n) is 6.67.